The fraction of sp³-hybridized carbons (Fsp3) is 0.500. The molecule has 0 aliphatic rings. The maximum atomic E-state index is 8.89. The van der Waals surface area contributed by atoms with Gasteiger partial charge in [-0.25, -0.2) is 0 Å². The van der Waals surface area contributed by atoms with Crippen LogP contribution in [0, 0.1) is 0 Å². The molecule has 0 atom stereocenters. The van der Waals surface area contributed by atoms with E-state index in [9.17, 15) is 0 Å². The van der Waals surface area contributed by atoms with Gasteiger partial charge in [0.15, 0.2) is 0 Å². The molecule has 0 aliphatic carbocycles. The van der Waals surface area contributed by atoms with E-state index in [4.69, 9.17) is 19.8 Å². The zero-order valence-electron chi connectivity index (χ0n) is 4.93. The molecule has 1 radical (unpaired) electrons. The van der Waals surface area contributed by atoms with Crippen LogP contribution in [0.25, 0.3) is 0 Å². The van der Waals surface area contributed by atoms with Crippen molar-refractivity contribution in [1.29, 1.82) is 0 Å². The molecule has 0 aromatic heterocycles. The summed E-state index contributed by atoms with van der Waals surface area (Å²) >= 11 is 0. The maximum Gasteiger partial charge on any atom is 2.00 e. The van der Waals surface area contributed by atoms with Gasteiger partial charge in [-0.05, 0) is 13.8 Å². The molecule has 9 heavy (non-hydrogen) atoms. The van der Waals surface area contributed by atoms with Gasteiger partial charge in [0, 0.05) is 11.9 Å². The topological polar surface area (TPSA) is 80.3 Å². The first-order chi connectivity index (χ1) is 3.46. The van der Waals surface area contributed by atoms with Gasteiger partial charge in [-0.2, -0.15) is 0 Å². The molecule has 0 N–H and O–H groups in total. The van der Waals surface area contributed by atoms with Crippen LogP contribution >= 0.6 is 0 Å². The molecule has 0 saturated heterocycles. The first-order valence-electron chi connectivity index (χ1n) is 1.82. The van der Waals surface area contributed by atoms with Crippen LogP contribution in [0.2, 0.25) is 0 Å². The van der Waals surface area contributed by atoms with E-state index in [-0.39, 0.29) is 17.1 Å². The van der Waals surface area contributed by atoms with Crippen molar-refractivity contribution in [3.63, 3.8) is 0 Å². The summed E-state index contributed by atoms with van der Waals surface area (Å²) in [7, 11) is 0. The molecule has 4 nitrogen and oxygen atoms in total. The summed E-state index contributed by atoms with van der Waals surface area (Å²) in [6.45, 7) is 1.94. The van der Waals surface area contributed by atoms with Crippen LogP contribution in [0.15, 0.2) is 0 Å². The summed E-state index contributed by atoms with van der Waals surface area (Å²) in [5.74, 6) is -2.17. The number of hydrogen-bond donors (Lipinski definition) is 0. The Hall–Kier alpha value is -0.541. The Morgan fingerprint density at radius 3 is 1.00 bits per heavy atom. The summed E-state index contributed by atoms with van der Waals surface area (Å²) in [6, 6.07) is 0. The van der Waals surface area contributed by atoms with Crippen LogP contribution < -0.4 is 10.2 Å². The molecule has 0 spiro atoms. The van der Waals surface area contributed by atoms with E-state index < -0.39 is 11.9 Å². The Balaban J connectivity index is -0.0000000720. The first kappa shape index (κ1) is 15.8. The zero-order chi connectivity index (χ0) is 7.15. The zero-order valence-corrected chi connectivity index (χ0v) is 5.88. The van der Waals surface area contributed by atoms with Crippen LogP contribution in [0.4, 0.5) is 0 Å². The smallest absolute Gasteiger partial charge is 0.550 e. The minimum absolute atomic E-state index is 0. The molecule has 57 valence electrons. The average molecular weight is 182 g/mol. The molecule has 0 rings (SSSR count). The number of hydrogen-bond acceptors (Lipinski definition) is 4. The minimum atomic E-state index is -1.08. The van der Waals surface area contributed by atoms with E-state index in [2.05, 4.69) is 0 Å². The Morgan fingerprint density at radius 2 is 1.00 bits per heavy atom. The molecule has 0 aromatic rings. The van der Waals surface area contributed by atoms with E-state index in [1.54, 1.807) is 0 Å². The number of rotatable bonds is 0. The molecule has 5 heteroatoms. The fourth-order valence-corrected chi connectivity index (χ4v) is 0. The standard InChI is InChI=1S/2C2H4O2.Cu/c2*1-2(3)4;/h2*1H3,(H,3,4);/q;;+2/p-2/i;;1+0. The number of carboxylic acids is 2. The quantitative estimate of drug-likeness (QED) is 0.388. The first-order valence-corrected chi connectivity index (χ1v) is 1.82. The maximum absolute atomic E-state index is 8.89. The molecule has 0 heterocycles. The SMILES string of the molecule is CC(=O)[O-].CC(=O)[O-].[64Cu+2]. The average Bonchev–Trinajstić information content (AvgIpc) is 1.25. The van der Waals surface area contributed by atoms with Crippen LogP contribution in [-0.2, 0) is 26.7 Å². The third-order valence-electron chi connectivity index (χ3n) is 0. The second kappa shape index (κ2) is 10.4. The van der Waals surface area contributed by atoms with Crippen LogP contribution in [-0.4, -0.2) is 11.9 Å². The minimum Gasteiger partial charge on any atom is -0.550 e. The largest absolute Gasteiger partial charge is 2.00 e. The number of carbonyl (C=O) groups is 2. The van der Waals surface area contributed by atoms with Crippen molar-refractivity contribution in [2.75, 3.05) is 0 Å². The molecule has 0 unspecified atom stereocenters. The predicted molar refractivity (Wildman–Crippen MR) is 21.4 cm³/mol. The van der Waals surface area contributed by atoms with Crippen LogP contribution in [0.5, 0.6) is 0 Å². The van der Waals surface area contributed by atoms with Gasteiger partial charge in [0.1, 0.15) is 0 Å². The van der Waals surface area contributed by atoms with Gasteiger partial charge in [0.05, 0.1) is 0 Å². The number of aliphatic carboxylic acids is 2. The normalized spacial score (nSPS) is 5.56. The van der Waals surface area contributed by atoms with Gasteiger partial charge in [-0.1, -0.05) is 0 Å². The van der Waals surface area contributed by atoms with Crippen molar-refractivity contribution in [3.8, 4) is 0 Å². The van der Waals surface area contributed by atoms with Crippen molar-refractivity contribution < 1.29 is 36.9 Å². The summed E-state index contributed by atoms with van der Waals surface area (Å²) in [6.07, 6.45) is 0. The van der Waals surface area contributed by atoms with Crippen molar-refractivity contribution >= 4 is 11.9 Å². The van der Waals surface area contributed by atoms with E-state index in [1.165, 1.54) is 0 Å². The van der Waals surface area contributed by atoms with Crippen molar-refractivity contribution in [1.82, 2.24) is 0 Å². The second-order valence-corrected chi connectivity index (χ2v) is 0.983. The van der Waals surface area contributed by atoms with E-state index in [0.717, 1.165) is 13.8 Å². The van der Waals surface area contributed by atoms with Crippen molar-refractivity contribution in [2.24, 2.45) is 0 Å². The van der Waals surface area contributed by atoms with Gasteiger partial charge in [0.2, 0.25) is 0 Å². The summed E-state index contributed by atoms with van der Waals surface area (Å²) < 4.78 is 0. The van der Waals surface area contributed by atoms with Gasteiger partial charge in [-0.3, -0.25) is 0 Å². The summed E-state index contributed by atoms with van der Waals surface area (Å²) in [5, 5.41) is 17.8. The number of carbonyl (C=O) groups excluding carboxylic acids is 2. The van der Waals surface area contributed by atoms with Crippen LogP contribution in [0.1, 0.15) is 13.8 Å². The third kappa shape index (κ3) is 761. The molecule has 0 aromatic carbocycles. The number of carboxylic acid groups (broad SMARTS) is 2. The molecular formula is C4H6CuO4. The molecule has 0 amide bonds. The van der Waals surface area contributed by atoms with Gasteiger partial charge in [0.25, 0.3) is 0 Å². The molecule has 0 bridgehead atoms. The van der Waals surface area contributed by atoms with Crippen molar-refractivity contribution in [2.45, 2.75) is 13.8 Å². The Bertz CT molecular complexity index is 70.6. The van der Waals surface area contributed by atoms with E-state index in [0.29, 0.717) is 0 Å². The molecule has 0 fully saturated rings. The van der Waals surface area contributed by atoms with E-state index in [1.807, 2.05) is 0 Å². The van der Waals surface area contributed by atoms with E-state index >= 15 is 0 Å². The Kier molecular flexibility index (Phi) is 18.3. The van der Waals surface area contributed by atoms with Crippen LogP contribution in [0.3, 0.4) is 0 Å². The van der Waals surface area contributed by atoms with Gasteiger partial charge >= 0.3 is 17.1 Å². The second-order valence-electron chi connectivity index (χ2n) is 0.983. The summed E-state index contributed by atoms with van der Waals surface area (Å²) in [4.78, 5) is 17.8. The fourth-order valence-electron chi connectivity index (χ4n) is 0. The summed E-state index contributed by atoms with van der Waals surface area (Å²) in [5.41, 5.74) is 0. The van der Waals surface area contributed by atoms with Gasteiger partial charge < -0.3 is 19.8 Å². The monoisotopic (exact) mass is 182 g/mol. The molecular weight excluding hydrogens is 176 g/mol. The third-order valence-corrected chi connectivity index (χ3v) is 0. The molecule has 0 aliphatic heterocycles. The van der Waals surface area contributed by atoms with Gasteiger partial charge in [-0.15, -0.1) is 0 Å². The Morgan fingerprint density at radius 1 is 1.00 bits per heavy atom. The predicted octanol–water partition coefficient (Wildman–Crippen LogP) is -2.49. The van der Waals surface area contributed by atoms with Crippen molar-refractivity contribution in [3.05, 3.63) is 0 Å². The molecule has 0 saturated carbocycles. The Labute approximate surface area is 63.3 Å².